The Kier molecular flexibility index (Phi) is 4.90. The summed E-state index contributed by atoms with van der Waals surface area (Å²) in [5.41, 5.74) is 1.63. The van der Waals surface area contributed by atoms with E-state index in [1.807, 2.05) is 19.1 Å². The first-order valence-corrected chi connectivity index (χ1v) is 8.32. The highest BCUT2D eigenvalue weighted by atomic mass is 35.5. The van der Waals surface area contributed by atoms with Crippen LogP contribution in [0, 0.1) is 12.8 Å². The maximum Gasteiger partial charge on any atom is 0.289 e. The van der Waals surface area contributed by atoms with Gasteiger partial charge in [-0.2, -0.15) is 0 Å². The molecular formula is C18H19ClN2O3. The zero-order valence-corrected chi connectivity index (χ0v) is 14.2. The molecule has 0 aliphatic carbocycles. The van der Waals surface area contributed by atoms with Gasteiger partial charge in [-0.25, -0.2) is 0 Å². The second-order valence-electron chi connectivity index (χ2n) is 6.04. The number of aryl methyl sites for hydroxylation is 1. The molecule has 0 radical (unpaired) electrons. The number of piperidine rings is 1. The van der Waals surface area contributed by atoms with Crippen molar-refractivity contribution in [3.8, 4) is 0 Å². The molecule has 6 heteroatoms. The summed E-state index contributed by atoms with van der Waals surface area (Å²) >= 11 is 6.17. The van der Waals surface area contributed by atoms with Crippen molar-refractivity contribution in [1.29, 1.82) is 0 Å². The number of anilines is 1. The maximum atomic E-state index is 12.5. The van der Waals surface area contributed by atoms with Crippen LogP contribution in [0.3, 0.4) is 0 Å². The average molecular weight is 347 g/mol. The number of hydrogen-bond acceptors (Lipinski definition) is 3. The van der Waals surface area contributed by atoms with Crippen LogP contribution < -0.4 is 5.32 Å². The largest absolute Gasteiger partial charge is 0.459 e. The highest BCUT2D eigenvalue weighted by Crippen LogP contribution is 2.25. The van der Waals surface area contributed by atoms with Crippen molar-refractivity contribution in [2.24, 2.45) is 5.92 Å². The van der Waals surface area contributed by atoms with Gasteiger partial charge in [-0.3, -0.25) is 9.59 Å². The smallest absolute Gasteiger partial charge is 0.289 e. The Bertz CT molecular complexity index is 743. The van der Waals surface area contributed by atoms with Crippen LogP contribution in [0.25, 0.3) is 0 Å². The molecule has 2 aromatic rings. The van der Waals surface area contributed by atoms with Gasteiger partial charge in [0.2, 0.25) is 5.91 Å². The predicted octanol–water partition coefficient (Wildman–Crippen LogP) is 3.73. The van der Waals surface area contributed by atoms with E-state index in [1.54, 1.807) is 23.1 Å². The van der Waals surface area contributed by atoms with E-state index in [4.69, 9.17) is 16.0 Å². The summed E-state index contributed by atoms with van der Waals surface area (Å²) in [6, 6.07) is 8.82. The number of hydrogen-bond donors (Lipinski definition) is 1. The standard InChI is InChI=1S/C18H19ClN2O3/c1-12-6-7-15(14(19)10-12)20-17(22)13-4-2-8-21(11-13)18(23)16-5-3-9-24-16/h3,5-7,9-10,13H,2,4,8,11H2,1H3,(H,20,22). The molecule has 3 rings (SSSR count). The molecule has 1 aromatic heterocycles. The van der Waals surface area contributed by atoms with Crippen LogP contribution in [-0.2, 0) is 4.79 Å². The molecule has 2 amide bonds. The zero-order chi connectivity index (χ0) is 17.1. The third kappa shape index (κ3) is 3.62. The normalized spacial score (nSPS) is 17.6. The monoisotopic (exact) mass is 346 g/mol. The molecule has 126 valence electrons. The number of nitrogens with one attached hydrogen (secondary N) is 1. The number of rotatable bonds is 3. The first-order valence-electron chi connectivity index (χ1n) is 7.94. The minimum atomic E-state index is -0.255. The number of carbonyl (C=O) groups is 2. The van der Waals surface area contributed by atoms with Gasteiger partial charge >= 0.3 is 0 Å². The molecule has 1 aromatic carbocycles. The zero-order valence-electron chi connectivity index (χ0n) is 13.4. The molecule has 0 spiro atoms. The minimum Gasteiger partial charge on any atom is -0.459 e. The molecule has 2 heterocycles. The van der Waals surface area contributed by atoms with Gasteiger partial charge in [0, 0.05) is 13.1 Å². The van der Waals surface area contributed by atoms with Gasteiger partial charge in [-0.15, -0.1) is 0 Å². The molecule has 1 unspecified atom stereocenters. The third-order valence-electron chi connectivity index (χ3n) is 4.19. The number of halogens is 1. The van der Waals surface area contributed by atoms with Crippen molar-refractivity contribution < 1.29 is 14.0 Å². The van der Waals surface area contributed by atoms with Crippen molar-refractivity contribution in [2.45, 2.75) is 19.8 Å². The third-order valence-corrected chi connectivity index (χ3v) is 4.51. The first-order chi connectivity index (χ1) is 11.5. The lowest BCUT2D eigenvalue weighted by molar-refractivity contribution is -0.121. The highest BCUT2D eigenvalue weighted by molar-refractivity contribution is 6.33. The topological polar surface area (TPSA) is 62.6 Å². The Hall–Kier alpha value is -2.27. The van der Waals surface area contributed by atoms with Crippen molar-refractivity contribution in [2.75, 3.05) is 18.4 Å². The number of likely N-dealkylation sites (tertiary alicyclic amines) is 1. The molecule has 1 saturated heterocycles. The average Bonchev–Trinajstić information content (AvgIpc) is 3.11. The van der Waals surface area contributed by atoms with E-state index in [1.165, 1.54) is 6.26 Å². The van der Waals surface area contributed by atoms with E-state index in [9.17, 15) is 9.59 Å². The van der Waals surface area contributed by atoms with E-state index >= 15 is 0 Å². The number of furan rings is 1. The van der Waals surface area contributed by atoms with Gasteiger partial charge in [-0.1, -0.05) is 17.7 Å². The molecule has 1 atom stereocenters. The molecule has 1 aliphatic rings. The summed E-state index contributed by atoms with van der Waals surface area (Å²) in [5, 5.41) is 3.39. The number of carbonyl (C=O) groups excluding carboxylic acids is 2. The number of nitrogens with zero attached hydrogens (tertiary/aromatic N) is 1. The minimum absolute atomic E-state index is 0.113. The molecule has 1 fully saturated rings. The Morgan fingerprint density at radius 2 is 2.17 bits per heavy atom. The van der Waals surface area contributed by atoms with Crippen LogP contribution in [0.4, 0.5) is 5.69 Å². The number of benzene rings is 1. The fourth-order valence-corrected chi connectivity index (χ4v) is 3.17. The van der Waals surface area contributed by atoms with Crippen molar-refractivity contribution in [1.82, 2.24) is 4.90 Å². The van der Waals surface area contributed by atoms with Crippen LogP contribution in [0.1, 0.15) is 29.0 Å². The molecule has 0 bridgehead atoms. The van der Waals surface area contributed by atoms with Gasteiger partial charge in [0.15, 0.2) is 5.76 Å². The first kappa shape index (κ1) is 16.6. The summed E-state index contributed by atoms with van der Waals surface area (Å²) in [4.78, 5) is 26.6. The molecular weight excluding hydrogens is 328 g/mol. The van der Waals surface area contributed by atoms with E-state index in [0.29, 0.717) is 29.6 Å². The summed E-state index contributed by atoms with van der Waals surface area (Å²) in [6.45, 7) is 2.96. The Labute approximate surface area is 145 Å². The molecule has 24 heavy (non-hydrogen) atoms. The van der Waals surface area contributed by atoms with Crippen molar-refractivity contribution in [3.05, 3.63) is 52.9 Å². The summed E-state index contributed by atoms with van der Waals surface area (Å²) in [6.07, 6.45) is 3.00. The Balaban J connectivity index is 1.65. The summed E-state index contributed by atoms with van der Waals surface area (Å²) in [5.74, 6) is -0.240. The van der Waals surface area contributed by atoms with Crippen molar-refractivity contribution in [3.63, 3.8) is 0 Å². The van der Waals surface area contributed by atoms with Gasteiger partial charge in [0.25, 0.3) is 5.91 Å². The number of amides is 2. The van der Waals surface area contributed by atoms with Crippen LogP contribution in [-0.4, -0.2) is 29.8 Å². The SMILES string of the molecule is Cc1ccc(NC(=O)C2CCCN(C(=O)c3ccco3)C2)c(Cl)c1. The van der Waals surface area contributed by atoms with E-state index in [-0.39, 0.29) is 17.7 Å². The maximum absolute atomic E-state index is 12.5. The molecule has 5 nitrogen and oxygen atoms in total. The lowest BCUT2D eigenvalue weighted by Crippen LogP contribution is -2.43. The van der Waals surface area contributed by atoms with Crippen molar-refractivity contribution >= 4 is 29.1 Å². The summed E-state index contributed by atoms with van der Waals surface area (Å²) in [7, 11) is 0. The van der Waals surface area contributed by atoms with Gasteiger partial charge in [0.05, 0.1) is 22.9 Å². The fraction of sp³-hybridized carbons (Fsp3) is 0.333. The molecule has 0 saturated carbocycles. The molecule has 1 N–H and O–H groups in total. The van der Waals surface area contributed by atoms with E-state index in [0.717, 1.165) is 18.4 Å². The second kappa shape index (κ2) is 7.09. The molecule has 1 aliphatic heterocycles. The highest BCUT2D eigenvalue weighted by Gasteiger charge is 2.30. The lowest BCUT2D eigenvalue weighted by Gasteiger charge is -2.31. The Morgan fingerprint density at radius 1 is 1.33 bits per heavy atom. The quantitative estimate of drug-likeness (QED) is 0.921. The predicted molar refractivity (Wildman–Crippen MR) is 92.2 cm³/mol. The summed E-state index contributed by atoms with van der Waals surface area (Å²) < 4.78 is 5.16. The van der Waals surface area contributed by atoms with Crippen LogP contribution in [0.5, 0.6) is 0 Å². The van der Waals surface area contributed by atoms with E-state index in [2.05, 4.69) is 5.32 Å². The van der Waals surface area contributed by atoms with Crippen LogP contribution >= 0.6 is 11.6 Å². The lowest BCUT2D eigenvalue weighted by atomic mass is 9.96. The Morgan fingerprint density at radius 3 is 2.88 bits per heavy atom. The van der Waals surface area contributed by atoms with Crippen LogP contribution in [0.2, 0.25) is 5.02 Å². The van der Waals surface area contributed by atoms with Gasteiger partial charge < -0.3 is 14.6 Å². The van der Waals surface area contributed by atoms with E-state index < -0.39 is 0 Å². The van der Waals surface area contributed by atoms with Gasteiger partial charge in [-0.05, 0) is 49.6 Å². The van der Waals surface area contributed by atoms with Crippen LogP contribution in [0.15, 0.2) is 41.0 Å². The fourth-order valence-electron chi connectivity index (χ4n) is 2.89. The second-order valence-corrected chi connectivity index (χ2v) is 6.45. The van der Waals surface area contributed by atoms with Gasteiger partial charge in [0.1, 0.15) is 0 Å².